The van der Waals surface area contributed by atoms with Crippen molar-refractivity contribution >= 4 is 22.7 Å². The van der Waals surface area contributed by atoms with Gasteiger partial charge < -0.3 is 14.1 Å². The van der Waals surface area contributed by atoms with E-state index in [4.69, 9.17) is 9.15 Å². The summed E-state index contributed by atoms with van der Waals surface area (Å²) in [5.74, 6) is 0.971. The molecule has 2 aromatic rings. The Morgan fingerprint density at radius 1 is 1.19 bits per heavy atom. The number of carbonyl (C=O) groups excluding carboxylic acids is 2. The van der Waals surface area contributed by atoms with E-state index in [9.17, 15) is 9.59 Å². The summed E-state index contributed by atoms with van der Waals surface area (Å²) < 4.78 is 11.3. The highest BCUT2D eigenvalue weighted by molar-refractivity contribution is 6.04. The van der Waals surface area contributed by atoms with Gasteiger partial charge in [-0.15, -0.1) is 0 Å². The van der Waals surface area contributed by atoms with Crippen molar-refractivity contribution < 1.29 is 18.7 Å². The minimum Gasteiger partial charge on any atom is -0.497 e. The van der Waals surface area contributed by atoms with Crippen LogP contribution in [0.2, 0.25) is 0 Å². The largest absolute Gasteiger partial charge is 0.497 e. The molecular formula is C26H39NO4. The molecule has 3 rings (SSSR count). The Hall–Kier alpha value is -2.30. The minimum absolute atomic E-state index is 0.0735. The predicted molar refractivity (Wildman–Crippen MR) is 126 cm³/mol. The van der Waals surface area contributed by atoms with Crippen LogP contribution in [0.5, 0.6) is 5.75 Å². The average Bonchev–Trinajstić information content (AvgIpc) is 3.32. The van der Waals surface area contributed by atoms with Crippen molar-refractivity contribution in [1.29, 1.82) is 0 Å². The van der Waals surface area contributed by atoms with Crippen LogP contribution in [0.4, 0.5) is 0 Å². The van der Waals surface area contributed by atoms with Gasteiger partial charge in [0.2, 0.25) is 11.7 Å². The Morgan fingerprint density at radius 3 is 2.45 bits per heavy atom. The van der Waals surface area contributed by atoms with Gasteiger partial charge in [0.15, 0.2) is 5.76 Å². The first-order valence-corrected chi connectivity index (χ1v) is 11.6. The third kappa shape index (κ3) is 5.90. The highest BCUT2D eigenvalue weighted by Gasteiger charge is 2.33. The van der Waals surface area contributed by atoms with Crippen molar-refractivity contribution in [2.75, 3.05) is 13.7 Å². The summed E-state index contributed by atoms with van der Waals surface area (Å²) in [6.07, 6.45) is 5.63. The highest BCUT2D eigenvalue weighted by atomic mass is 16.5. The van der Waals surface area contributed by atoms with Crippen molar-refractivity contribution in [3.63, 3.8) is 0 Å². The van der Waals surface area contributed by atoms with Gasteiger partial charge in [0.1, 0.15) is 11.3 Å². The number of rotatable bonds is 6. The molecule has 31 heavy (non-hydrogen) atoms. The Kier molecular flexibility index (Phi) is 8.72. The minimum atomic E-state index is -0.589. The fourth-order valence-corrected chi connectivity index (χ4v) is 4.00. The normalized spacial score (nSPS) is 16.2. The predicted octanol–water partition coefficient (Wildman–Crippen LogP) is 6.42. The molecule has 1 aromatic carbocycles. The number of methoxy groups -OCH3 is 1. The summed E-state index contributed by atoms with van der Waals surface area (Å²) in [7, 11) is 1.60. The lowest BCUT2D eigenvalue weighted by atomic mass is 9.87. The van der Waals surface area contributed by atoms with E-state index in [2.05, 4.69) is 20.8 Å². The summed E-state index contributed by atoms with van der Waals surface area (Å²) in [4.78, 5) is 28.2. The zero-order valence-corrected chi connectivity index (χ0v) is 20.3. The standard InChI is InChI=1S/C23H31NO4.C3H8/c1-6-8-15-9-7-12-24(15)20(25)14-18-17-13-16(27-5)10-11-19(17)28-21(18)22(26)23(2,3)4;1-3-2/h10-11,13,15H,6-9,12,14H2,1-5H3;3H2,1-2H3. The van der Waals surface area contributed by atoms with E-state index < -0.39 is 5.41 Å². The number of Topliss-reactive ketones (excluding diaryl/α,β-unsaturated/α-hetero) is 1. The van der Waals surface area contributed by atoms with Crippen molar-refractivity contribution in [3.05, 3.63) is 29.5 Å². The number of carbonyl (C=O) groups is 2. The average molecular weight is 430 g/mol. The number of benzene rings is 1. The molecule has 0 aliphatic carbocycles. The van der Waals surface area contributed by atoms with Gasteiger partial charge in [0.25, 0.3) is 0 Å². The van der Waals surface area contributed by atoms with E-state index in [1.807, 2.05) is 31.7 Å². The number of amides is 1. The smallest absolute Gasteiger partial charge is 0.227 e. The Morgan fingerprint density at radius 2 is 1.87 bits per heavy atom. The SMILES string of the molecule is CCC.CCCC1CCCN1C(=O)Cc1c(C(=O)C(C)(C)C)oc2ccc(OC)cc12. The zero-order chi connectivity index (χ0) is 23.2. The molecule has 0 bridgehead atoms. The quantitative estimate of drug-likeness (QED) is 0.497. The molecular weight excluding hydrogens is 390 g/mol. The molecule has 1 unspecified atom stereocenters. The molecule has 1 aliphatic heterocycles. The summed E-state index contributed by atoms with van der Waals surface area (Å²) in [6.45, 7) is 12.8. The van der Waals surface area contributed by atoms with Crippen LogP contribution in [0.3, 0.4) is 0 Å². The maximum atomic E-state index is 13.2. The second-order valence-corrected chi connectivity index (χ2v) is 9.41. The number of ether oxygens (including phenoxy) is 1. The van der Waals surface area contributed by atoms with Gasteiger partial charge >= 0.3 is 0 Å². The van der Waals surface area contributed by atoms with E-state index in [1.165, 1.54) is 6.42 Å². The van der Waals surface area contributed by atoms with Gasteiger partial charge in [-0.2, -0.15) is 0 Å². The molecule has 1 saturated heterocycles. The first-order valence-electron chi connectivity index (χ1n) is 11.6. The van der Waals surface area contributed by atoms with Crippen LogP contribution in [0.25, 0.3) is 11.0 Å². The third-order valence-corrected chi connectivity index (χ3v) is 5.53. The van der Waals surface area contributed by atoms with Crippen LogP contribution in [0, 0.1) is 5.41 Å². The third-order valence-electron chi connectivity index (χ3n) is 5.53. The lowest BCUT2D eigenvalue weighted by molar-refractivity contribution is -0.131. The second-order valence-electron chi connectivity index (χ2n) is 9.41. The van der Waals surface area contributed by atoms with E-state index in [-0.39, 0.29) is 18.1 Å². The number of nitrogens with zero attached hydrogens (tertiary/aromatic N) is 1. The fourth-order valence-electron chi connectivity index (χ4n) is 4.00. The van der Waals surface area contributed by atoms with Crippen LogP contribution in [0.15, 0.2) is 22.6 Å². The van der Waals surface area contributed by atoms with E-state index in [1.54, 1.807) is 19.2 Å². The van der Waals surface area contributed by atoms with Crippen LogP contribution in [-0.2, 0) is 11.2 Å². The lowest BCUT2D eigenvalue weighted by Crippen LogP contribution is -2.36. The van der Waals surface area contributed by atoms with Gasteiger partial charge in [-0.1, -0.05) is 54.4 Å². The summed E-state index contributed by atoms with van der Waals surface area (Å²) in [5.41, 5.74) is 0.706. The van der Waals surface area contributed by atoms with E-state index in [0.29, 0.717) is 28.7 Å². The molecule has 0 saturated carbocycles. The molecule has 2 heterocycles. The van der Waals surface area contributed by atoms with Crippen LogP contribution in [0.1, 0.15) is 89.8 Å². The molecule has 5 heteroatoms. The van der Waals surface area contributed by atoms with Crippen LogP contribution < -0.4 is 4.74 Å². The number of ketones is 1. The highest BCUT2D eigenvalue weighted by Crippen LogP contribution is 2.34. The first-order chi connectivity index (χ1) is 14.7. The van der Waals surface area contributed by atoms with Gasteiger partial charge in [-0.3, -0.25) is 9.59 Å². The number of hydrogen-bond acceptors (Lipinski definition) is 4. The Labute approximate surface area is 187 Å². The van der Waals surface area contributed by atoms with Crippen molar-refractivity contribution in [2.45, 2.75) is 86.1 Å². The van der Waals surface area contributed by atoms with Crippen molar-refractivity contribution in [2.24, 2.45) is 5.41 Å². The molecule has 0 radical (unpaired) electrons. The maximum absolute atomic E-state index is 13.2. The molecule has 5 nitrogen and oxygen atoms in total. The molecule has 0 spiro atoms. The molecule has 1 fully saturated rings. The summed E-state index contributed by atoms with van der Waals surface area (Å²) >= 11 is 0. The van der Waals surface area contributed by atoms with E-state index in [0.717, 1.165) is 37.6 Å². The first kappa shape index (κ1) is 25.0. The fraction of sp³-hybridized carbons (Fsp3) is 0.615. The molecule has 1 aromatic heterocycles. The zero-order valence-electron chi connectivity index (χ0n) is 20.3. The molecule has 1 amide bonds. The monoisotopic (exact) mass is 429 g/mol. The maximum Gasteiger partial charge on any atom is 0.227 e. The summed E-state index contributed by atoms with van der Waals surface area (Å²) in [5, 5.41) is 0.784. The second kappa shape index (κ2) is 10.8. The van der Waals surface area contributed by atoms with Crippen molar-refractivity contribution in [1.82, 2.24) is 4.90 Å². The number of hydrogen-bond donors (Lipinski definition) is 0. The number of furan rings is 1. The lowest BCUT2D eigenvalue weighted by Gasteiger charge is -2.24. The van der Waals surface area contributed by atoms with E-state index >= 15 is 0 Å². The summed E-state index contributed by atoms with van der Waals surface area (Å²) in [6, 6.07) is 5.78. The van der Waals surface area contributed by atoms with Crippen LogP contribution in [-0.4, -0.2) is 36.3 Å². The molecule has 0 N–H and O–H groups in total. The molecule has 1 aliphatic rings. The molecule has 172 valence electrons. The van der Waals surface area contributed by atoms with Gasteiger partial charge in [-0.25, -0.2) is 0 Å². The number of likely N-dealkylation sites (tertiary alicyclic amines) is 1. The van der Waals surface area contributed by atoms with Gasteiger partial charge in [0, 0.05) is 29.0 Å². The number of fused-ring (bicyclic) bond motifs is 1. The van der Waals surface area contributed by atoms with Crippen molar-refractivity contribution in [3.8, 4) is 5.75 Å². The topological polar surface area (TPSA) is 59.8 Å². The van der Waals surface area contributed by atoms with Crippen LogP contribution >= 0.6 is 0 Å². The van der Waals surface area contributed by atoms with Gasteiger partial charge in [-0.05, 0) is 37.5 Å². The van der Waals surface area contributed by atoms with Gasteiger partial charge in [0.05, 0.1) is 13.5 Å². The Balaban J connectivity index is 0.00000107. The molecule has 1 atom stereocenters. The Bertz CT molecular complexity index is 891.